The Kier molecular flexibility index (Phi) is 9.49. The van der Waals surface area contributed by atoms with Gasteiger partial charge in [-0.05, 0) is 39.0 Å². The summed E-state index contributed by atoms with van der Waals surface area (Å²) < 4.78 is 90.0. The van der Waals surface area contributed by atoms with E-state index in [4.69, 9.17) is 9.47 Å². The summed E-state index contributed by atoms with van der Waals surface area (Å²) in [4.78, 5) is 35.0. The Morgan fingerprint density at radius 1 is 1.21 bits per heavy atom. The highest BCUT2D eigenvalue weighted by molar-refractivity contribution is 7.93. The molecule has 2 aromatic rings. The molecule has 0 bridgehead atoms. The smallest absolute Gasteiger partial charge is 0.427 e. The van der Waals surface area contributed by atoms with Gasteiger partial charge in [0.15, 0.2) is 11.5 Å². The molecule has 0 unspecified atom stereocenters. The minimum atomic E-state index is -4.85. The average molecular weight is 622 g/mol. The van der Waals surface area contributed by atoms with Crippen LogP contribution in [0.4, 0.5) is 29.3 Å². The number of esters is 1. The minimum Gasteiger partial charge on any atom is -0.484 e. The van der Waals surface area contributed by atoms with Gasteiger partial charge in [0.1, 0.15) is 11.9 Å². The third-order valence-electron chi connectivity index (χ3n) is 5.89. The van der Waals surface area contributed by atoms with E-state index >= 15 is 0 Å². The second kappa shape index (κ2) is 12.3. The van der Waals surface area contributed by atoms with E-state index in [0.29, 0.717) is 13.8 Å². The summed E-state index contributed by atoms with van der Waals surface area (Å²) in [5.74, 6) is -1.54. The zero-order chi connectivity index (χ0) is 31.5. The van der Waals surface area contributed by atoms with Gasteiger partial charge < -0.3 is 24.3 Å². The maximum absolute atomic E-state index is 14.0. The average Bonchev–Trinajstić information content (AvgIpc) is 3.33. The summed E-state index contributed by atoms with van der Waals surface area (Å²) >= 11 is 0. The molecule has 1 aliphatic heterocycles. The number of hydrogen-bond acceptors (Lipinski definition) is 10. The Bertz CT molecular complexity index is 1440. The number of benzene rings is 1. The molecular formula is C24H30F3N5O9S. The van der Waals surface area contributed by atoms with Crippen LogP contribution in [0.5, 0.6) is 11.6 Å². The number of alkyl halides is 3. The molecule has 1 aromatic heterocycles. The van der Waals surface area contributed by atoms with Crippen molar-refractivity contribution in [1.82, 2.24) is 15.1 Å². The van der Waals surface area contributed by atoms with Crippen molar-refractivity contribution >= 4 is 39.4 Å². The Balaban J connectivity index is 2.02. The number of halogens is 3. The monoisotopic (exact) mass is 621 g/mol. The quantitative estimate of drug-likeness (QED) is 0.376. The van der Waals surface area contributed by atoms with E-state index in [9.17, 15) is 36.0 Å². The summed E-state index contributed by atoms with van der Waals surface area (Å²) in [5, 5.41) is 8.78. The predicted octanol–water partition coefficient (Wildman–Crippen LogP) is 2.44. The molecule has 14 nitrogen and oxygen atoms in total. The molecule has 0 saturated heterocycles. The molecule has 0 fully saturated rings. The molecule has 232 valence electrons. The first-order valence-electron chi connectivity index (χ1n) is 12.4. The molecule has 0 saturated carbocycles. The van der Waals surface area contributed by atoms with Crippen LogP contribution in [0.15, 0.2) is 29.3 Å². The predicted molar refractivity (Wildman–Crippen MR) is 140 cm³/mol. The largest absolute Gasteiger partial charge is 0.484 e. The second-order valence-electron chi connectivity index (χ2n) is 9.44. The maximum atomic E-state index is 14.0. The third kappa shape index (κ3) is 7.34. The number of carbonyl (C=O) groups excluding carboxylic acids is 3. The highest BCUT2D eigenvalue weighted by Crippen LogP contribution is 2.40. The lowest BCUT2D eigenvalue weighted by Crippen LogP contribution is -2.48. The molecule has 1 aliphatic rings. The van der Waals surface area contributed by atoms with Crippen LogP contribution >= 0.6 is 0 Å². The van der Waals surface area contributed by atoms with Gasteiger partial charge in [0.05, 0.1) is 25.9 Å². The molecule has 1 atom stereocenters. The van der Waals surface area contributed by atoms with Crippen molar-refractivity contribution in [3.63, 3.8) is 0 Å². The van der Waals surface area contributed by atoms with E-state index in [2.05, 4.69) is 25.2 Å². The van der Waals surface area contributed by atoms with E-state index in [1.807, 2.05) is 0 Å². The summed E-state index contributed by atoms with van der Waals surface area (Å²) in [6.45, 7) is 3.52. The van der Waals surface area contributed by atoms with Gasteiger partial charge in [0, 0.05) is 25.4 Å². The summed E-state index contributed by atoms with van der Waals surface area (Å²) in [5.41, 5.74) is -3.00. The van der Waals surface area contributed by atoms with Crippen molar-refractivity contribution in [1.29, 1.82) is 0 Å². The fourth-order valence-corrected chi connectivity index (χ4v) is 5.12. The normalized spacial score (nSPS) is 15.2. The summed E-state index contributed by atoms with van der Waals surface area (Å²) in [7, 11) is -3.40. The van der Waals surface area contributed by atoms with Crippen LogP contribution in [0, 0.1) is 0 Å². The zero-order valence-corrected chi connectivity index (χ0v) is 24.1. The fourth-order valence-electron chi connectivity index (χ4n) is 3.54. The molecular weight excluding hydrogens is 591 g/mol. The SMILES string of the molecule is CCn1cc(S(=O)(=O)N2C[C@H](CNC(C)=O)Oc3ccc(NC(=O)OC(C)(C)C(F)(F)F)cc32)c(OCC(=O)OC)n1. The minimum absolute atomic E-state index is 0.0228. The Morgan fingerprint density at radius 2 is 1.90 bits per heavy atom. The zero-order valence-electron chi connectivity index (χ0n) is 23.3. The lowest BCUT2D eigenvalue weighted by Gasteiger charge is -2.35. The molecule has 0 radical (unpaired) electrons. The highest BCUT2D eigenvalue weighted by Gasteiger charge is 2.51. The Hall–Kier alpha value is -4.22. The van der Waals surface area contributed by atoms with Gasteiger partial charge in [-0.25, -0.2) is 18.0 Å². The van der Waals surface area contributed by atoms with Gasteiger partial charge in [0.2, 0.25) is 11.5 Å². The Labute approximate surface area is 239 Å². The number of rotatable bonds is 10. The number of anilines is 2. The second-order valence-corrected chi connectivity index (χ2v) is 11.3. The van der Waals surface area contributed by atoms with E-state index in [1.54, 1.807) is 6.92 Å². The van der Waals surface area contributed by atoms with Crippen LogP contribution in [0.2, 0.25) is 0 Å². The van der Waals surface area contributed by atoms with Gasteiger partial charge in [-0.1, -0.05) is 0 Å². The number of ether oxygens (including phenoxy) is 4. The number of fused-ring (bicyclic) bond motifs is 1. The number of aryl methyl sites for hydroxylation is 1. The van der Waals surface area contributed by atoms with Crippen LogP contribution < -0.4 is 24.4 Å². The molecule has 2 amide bonds. The molecule has 18 heteroatoms. The van der Waals surface area contributed by atoms with Gasteiger partial charge in [-0.3, -0.25) is 19.1 Å². The number of aromatic nitrogens is 2. The van der Waals surface area contributed by atoms with Crippen LogP contribution in [0.25, 0.3) is 0 Å². The van der Waals surface area contributed by atoms with Crippen molar-refractivity contribution in [2.45, 2.75) is 57.0 Å². The summed E-state index contributed by atoms with van der Waals surface area (Å²) in [6, 6.07) is 3.74. The topological polar surface area (TPSA) is 167 Å². The van der Waals surface area contributed by atoms with Gasteiger partial charge >= 0.3 is 18.2 Å². The number of methoxy groups -OCH3 is 1. The van der Waals surface area contributed by atoms with E-state index in [1.165, 1.54) is 36.0 Å². The maximum Gasteiger partial charge on any atom is 0.427 e. The molecule has 42 heavy (non-hydrogen) atoms. The highest BCUT2D eigenvalue weighted by atomic mass is 32.2. The first kappa shape index (κ1) is 32.3. The van der Waals surface area contributed by atoms with Gasteiger partial charge in [-0.2, -0.15) is 13.2 Å². The van der Waals surface area contributed by atoms with Crippen LogP contribution in [-0.4, -0.2) is 80.9 Å². The Morgan fingerprint density at radius 3 is 2.50 bits per heavy atom. The van der Waals surface area contributed by atoms with Crippen LogP contribution in [0.3, 0.4) is 0 Å². The van der Waals surface area contributed by atoms with E-state index in [-0.39, 0.29) is 48.5 Å². The molecule has 1 aromatic carbocycles. The van der Waals surface area contributed by atoms with Gasteiger partial charge in [0.25, 0.3) is 15.9 Å². The lowest BCUT2D eigenvalue weighted by atomic mass is 10.1. The van der Waals surface area contributed by atoms with Crippen molar-refractivity contribution in [3.05, 3.63) is 24.4 Å². The van der Waals surface area contributed by atoms with Crippen molar-refractivity contribution in [2.24, 2.45) is 0 Å². The lowest BCUT2D eigenvalue weighted by molar-refractivity contribution is -0.242. The number of nitrogens with zero attached hydrogens (tertiary/aromatic N) is 3. The molecule has 0 spiro atoms. The first-order chi connectivity index (χ1) is 19.5. The van der Waals surface area contributed by atoms with Crippen molar-refractivity contribution < 1.29 is 54.9 Å². The summed E-state index contributed by atoms with van der Waals surface area (Å²) in [6.07, 6.45) is -5.96. The number of nitrogens with one attached hydrogen (secondary N) is 2. The van der Waals surface area contributed by atoms with E-state index < -0.39 is 51.5 Å². The third-order valence-corrected chi connectivity index (χ3v) is 7.65. The molecule has 2 N–H and O–H groups in total. The fraction of sp³-hybridized carbons (Fsp3) is 0.500. The number of sulfonamides is 1. The van der Waals surface area contributed by atoms with Crippen LogP contribution in [-0.2, 0) is 35.6 Å². The van der Waals surface area contributed by atoms with Crippen LogP contribution in [0.1, 0.15) is 27.7 Å². The molecule has 0 aliphatic carbocycles. The number of carbonyl (C=O) groups is 3. The molecule has 3 rings (SSSR count). The number of hydrogen-bond donors (Lipinski definition) is 2. The van der Waals surface area contributed by atoms with E-state index in [0.717, 1.165) is 11.4 Å². The molecule has 2 heterocycles. The van der Waals surface area contributed by atoms with Crippen molar-refractivity contribution in [3.8, 4) is 11.6 Å². The van der Waals surface area contributed by atoms with Gasteiger partial charge in [-0.15, -0.1) is 5.10 Å². The first-order valence-corrected chi connectivity index (χ1v) is 13.8. The standard InChI is InChI=1S/C24H30F3N5O9S/c1-6-31-12-19(21(30-31)39-13-20(34)38-5)42(36,37)32-11-16(10-28-14(2)33)40-18-8-7-15(9-17(18)32)29-22(35)41-23(3,4)24(25,26)27/h7-9,12,16H,6,10-11,13H2,1-5H3,(H,28,33)(H,29,35)/t16-/m0/s1. The number of amides is 2. The van der Waals surface area contributed by atoms with Crippen molar-refractivity contribution in [2.75, 3.05) is 36.4 Å².